The van der Waals surface area contributed by atoms with Crippen LogP contribution in [-0.2, 0) is 0 Å². The van der Waals surface area contributed by atoms with Crippen LogP contribution in [0, 0.1) is 5.41 Å². The Bertz CT molecular complexity index is 1320. The summed E-state index contributed by atoms with van der Waals surface area (Å²) < 4.78 is 5.19. The van der Waals surface area contributed by atoms with Gasteiger partial charge in [-0.15, -0.1) is 0 Å². The van der Waals surface area contributed by atoms with E-state index in [0.717, 1.165) is 33.4 Å². The van der Waals surface area contributed by atoms with Crippen molar-refractivity contribution in [1.29, 1.82) is 5.41 Å². The lowest BCUT2D eigenvalue weighted by Crippen LogP contribution is -2.09. The minimum atomic E-state index is 0.216. The second-order valence-electron chi connectivity index (χ2n) is 6.56. The largest absolute Gasteiger partial charge is 0.472 e. The first kappa shape index (κ1) is 16.9. The SMILES string of the molecule is N=C(c1cc2c(-c3ccoc3)nccc2[nH]1)c1nc(-c2ccncc2)ccc1N. The fourth-order valence-electron chi connectivity index (χ4n) is 3.30. The third-order valence-electron chi connectivity index (χ3n) is 4.75. The molecule has 5 aromatic rings. The van der Waals surface area contributed by atoms with Crippen LogP contribution in [0.25, 0.3) is 33.4 Å². The molecule has 5 rings (SSSR count). The number of hydrogen-bond acceptors (Lipinski definition) is 6. The van der Waals surface area contributed by atoms with Crippen LogP contribution in [0.2, 0.25) is 0 Å². The number of aromatic amines is 1. The first-order chi connectivity index (χ1) is 14.2. The number of rotatable bonds is 4. The maximum absolute atomic E-state index is 8.72. The summed E-state index contributed by atoms with van der Waals surface area (Å²) in [6, 6.07) is 13.0. The van der Waals surface area contributed by atoms with Crippen molar-refractivity contribution in [2.45, 2.75) is 0 Å². The highest BCUT2D eigenvalue weighted by atomic mass is 16.3. The van der Waals surface area contributed by atoms with Crippen LogP contribution in [-0.4, -0.2) is 25.6 Å². The van der Waals surface area contributed by atoms with Crippen LogP contribution in [0.1, 0.15) is 11.4 Å². The Morgan fingerprint density at radius 1 is 1.00 bits per heavy atom. The first-order valence-corrected chi connectivity index (χ1v) is 8.97. The second-order valence-corrected chi connectivity index (χ2v) is 6.56. The van der Waals surface area contributed by atoms with Crippen molar-refractivity contribution in [2.75, 3.05) is 5.73 Å². The Morgan fingerprint density at radius 2 is 1.86 bits per heavy atom. The molecule has 0 aliphatic heterocycles. The Labute approximate surface area is 165 Å². The average Bonchev–Trinajstić information content (AvgIpc) is 3.44. The summed E-state index contributed by atoms with van der Waals surface area (Å²) in [7, 11) is 0. The molecule has 140 valence electrons. The van der Waals surface area contributed by atoms with Crippen LogP contribution in [0.4, 0.5) is 5.69 Å². The summed E-state index contributed by atoms with van der Waals surface area (Å²) in [6.07, 6.45) is 8.41. The first-order valence-electron chi connectivity index (χ1n) is 8.97. The predicted molar refractivity (Wildman–Crippen MR) is 112 cm³/mol. The molecular weight excluding hydrogens is 364 g/mol. The molecule has 0 atom stereocenters. The summed E-state index contributed by atoms with van der Waals surface area (Å²) in [5.74, 6) is 0. The third-order valence-corrected chi connectivity index (χ3v) is 4.75. The quantitative estimate of drug-likeness (QED) is 0.402. The van der Waals surface area contributed by atoms with E-state index in [2.05, 4.69) is 19.9 Å². The van der Waals surface area contributed by atoms with Crippen LogP contribution in [0.3, 0.4) is 0 Å². The van der Waals surface area contributed by atoms with E-state index in [-0.39, 0.29) is 5.71 Å². The van der Waals surface area contributed by atoms with Gasteiger partial charge in [-0.1, -0.05) is 0 Å². The zero-order valence-corrected chi connectivity index (χ0v) is 15.3. The molecule has 0 radical (unpaired) electrons. The van der Waals surface area contributed by atoms with Gasteiger partial charge in [-0.25, -0.2) is 4.98 Å². The number of fused-ring (bicyclic) bond motifs is 1. The van der Waals surface area contributed by atoms with Gasteiger partial charge in [0, 0.05) is 40.6 Å². The van der Waals surface area contributed by atoms with Crippen molar-refractivity contribution < 1.29 is 4.42 Å². The van der Waals surface area contributed by atoms with E-state index < -0.39 is 0 Å². The molecule has 0 aliphatic rings. The smallest absolute Gasteiger partial charge is 0.114 e. The van der Waals surface area contributed by atoms with Crippen molar-refractivity contribution in [3.63, 3.8) is 0 Å². The van der Waals surface area contributed by atoms with E-state index >= 15 is 0 Å². The molecule has 0 fully saturated rings. The van der Waals surface area contributed by atoms with E-state index in [1.165, 1.54) is 0 Å². The molecule has 0 saturated carbocycles. The van der Waals surface area contributed by atoms with Crippen molar-refractivity contribution in [3.8, 4) is 22.5 Å². The molecule has 0 bridgehead atoms. The highest BCUT2D eigenvalue weighted by molar-refractivity contribution is 6.14. The van der Waals surface area contributed by atoms with E-state index in [4.69, 9.17) is 15.6 Å². The molecule has 4 N–H and O–H groups in total. The van der Waals surface area contributed by atoms with Crippen molar-refractivity contribution >= 4 is 22.3 Å². The number of hydrogen-bond donors (Lipinski definition) is 3. The summed E-state index contributed by atoms with van der Waals surface area (Å²) in [4.78, 5) is 16.4. The predicted octanol–water partition coefficient (Wildman–Crippen LogP) is 4.28. The minimum Gasteiger partial charge on any atom is -0.472 e. The van der Waals surface area contributed by atoms with Gasteiger partial charge < -0.3 is 15.1 Å². The Kier molecular flexibility index (Phi) is 3.91. The standard InChI is InChI=1S/C22H16N6O/c23-16-1-2-17(13-3-7-25-8-4-13)28-22(16)20(24)19-11-15-18(27-19)5-9-26-21(15)14-6-10-29-12-14/h1-12,24,27H,23H2. The molecule has 29 heavy (non-hydrogen) atoms. The molecule has 0 aromatic carbocycles. The highest BCUT2D eigenvalue weighted by Crippen LogP contribution is 2.29. The van der Waals surface area contributed by atoms with E-state index in [1.54, 1.807) is 37.2 Å². The van der Waals surface area contributed by atoms with Gasteiger partial charge in [0.25, 0.3) is 0 Å². The number of nitrogen functional groups attached to an aromatic ring is 1. The van der Waals surface area contributed by atoms with Gasteiger partial charge in [0.1, 0.15) is 11.4 Å². The summed E-state index contributed by atoms with van der Waals surface area (Å²) in [6.45, 7) is 0. The Balaban J connectivity index is 1.59. The number of nitrogens with two attached hydrogens (primary N) is 1. The number of nitrogens with zero attached hydrogens (tertiary/aromatic N) is 3. The fraction of sp³-hybridized carbons (Fsp3) is 0. The number of H-pyrrole nitrogens is 1. The van der Waals surface area contributed by atoms with Gasteiger partial charge in [0.15, 0.2) is 0 Å². The van der Waals surface area contributed by atoms with Crippen LogP contribution >= 0.6 is 0 Å². The maximum atomic E-state index is 8.72. The van der Waals surface area contributed by atoms with Gasteiger partial charge in [0.05, 0.1) is 35.3 Å². The number of aromatic nitrogens is 4. The minimum absolute atomic E-state index is 0.216. The molecule has 5 aromatic heterocycles. The number of pyridine rings is 3. The Hall–Kier alpha value is -4.26. The molecule has 7 heteroatoms. The van der Waals surface area contributed by atoms with Gasteiger partial charge >= 0.3 is 0 Å². The normalized spacial score (nSPS) is 11.0. The molecule has 0 aliphatic carbocycles. The van der Waals surface area contributed by atoms with Crippen LogP contribution < -0.4 is 5.73 Å². The molecule has 0 unspecified atom stereocenters. The topological polar surface area (TPSA) is 117 Å². The van der Waals surface area contributed by atoms with Gasteiger partial charge in [-0.3, -0.25) is 15.4 Å². The average molecular weight is 380 g/mol. The molecular formula is C22H16N6O. The molecule has 0 spiro atoms. The molecule has 0 amide bonds. The fourth-order valence-corrected chi connectivity index (χ4v) is 3.30. The van der Waals surface area contributed by atoms with Crippen molar-refractivity contribution in [1.82, 2.24) is 19.9 Å². The van der Waals surface area contributed by atoms with E-state index in [1.807, 2.05) is 36.4 Å². The van der Waals surface area contributed by atoms with E-state index in [9.17, 15) is 0 Å². The molecule has 7 nitrogen and oxygen atoms in total. The lowest BCUT2D eigenvalue weighted by atomic mass is 10.1. The van der Waals surface area contributed by atoms with Crippen molar-refractivity contribution in [2.24, 2.45) is 0 Å². The van der Waals surface area contributed by atoms with Gasteiger partial charge in [0.2, 0.25) is 0 Å². The van der Waals surface area contributed by atoms with E-state index in [0.29, 0.717) is 17.1 Å². The van der Waals surface area contributed by atoms with Gasteiger partial charge in [-0.2, -0.15) is 0 Å². The summed E-state index contributed by atoms with van der Waals surface area (Å²) >= 11 is 0. The second kappa shape index (κ2) is 6.72. The zero-order valence-electron chi connectivity index (χ0n) is 15.3. The number of anilines is 1. The number of nitrogens with one attached hydrogen (secondary N) is 2. The highest BCUT2D eigenvalue weighted by Gasteiger charge is 2.16. The number of furan rings is 1. The monoisotopic (exact) mass is 380 g/mol. The zero-order chi connectivity index (χ0) is 19.8. The third kappa shape index (κ3) is 2.94. The summed E-state index contributed by atoms with van der Waals surface area (Å²) in [5.41, 5.74) is 12.0. The maximum Gasteiger partial charge on any atom is 0.114 e. The molecule has 5 heterocycles. The lowest BCUT2D eigenvalue weighted by Gasteiger charge is -2.08. The molecule has 0 saturated heterocycles. The Morgan fingerprint density at radius 3 is 2.66 bits per heavy atom. The van der Waals surface area contributed by atoms with Crippen LogP contribution in [0.5, 0.6) is 0 Å². The van der Waals surface area contributed by atoms with Gasteiger partial charge in [-0.05, 0) is 42.5 Å². The lowest BCUT2D eigenvalue weighted by molar-refractivity contribution is 0.568. The van der Waals surface area contributed by atoms with Crippen LogP contribution in [0.15, 0.2) is 78.0 Å². The van der Waals surface area contributed by atoms with Crippen molar-refractivity contribution in [3.05, 3.63) is 85.0 Å². The summed E-state index contributed by atoms with van der Waals surface area (Å²) in [5, 5.41) is 9.62.